The van der Waals surface area contributed by atoms with Crippen LogP contribution in [-0.2, 0) is 14.6 Å². The number of unbranched alkanes of at least 4 members (excludes halogenated alkanes) is 3. The van der Waals surface area contributed by atoms with E-state index in [2.05, 4.69) is 0 Å². The van der Waals surface area contributed by atoms with Crippen molar-refractivity contribution in [1.29, 1.82) is 0 Å². The maximum absolute atomic E-state index is 11.6. The number of carbonyl (C=O) groups is 1. The quantitative estimate of drug-likeness (QED) is 0.599. The van der Waals surface area contributed by atoms with Crippen LogP contribution in [0.3, 0.4) is 0 Å². The summed E-state index contributed by atoms with van der Waals surface area (Å²) in [7, 11) is -3.63. The first-order valence-corrected chi connectivity index (χ1v) is 7.62. The molecule has 4 nitrogen and oxygen atoms in total. The van der Waals surface area contributed by atoms with E-state index in [9.17, 15) is 18.3 Å². The zero-order valence-corrected chi connectivity index (χ0v) is 11.1. The summed E-state index contributed by atoms with van der Waals surface area (Å²) in [6.45, 7) is 3.62. The SMILES string of the molecule is CCCCCCC(CC)(C(=O)[O-])S(C)(=O)=O. The lowest BCUT2D eigenvalue weighted by Gasteiger charge is -2.31. The molecular weight excluding hydrogens is 228 g/mol. The maximum Gasteiger partial charge on any atom is 0.158 e. The summed E-state index contributed by atoms with van der Waals surface area (Å²) in [5.41, 5.74) is 0. The molecule has 0 spiro atoms. The number of carbonyl (C=O) groups excluding carboxylic acids is 1. The van der Waals surface area contributed by atoms with Gasteiger partial charge in [0.2, 0.25) is 0 Å². The molecule has 0 rings (SSSR count). The molecule has 5 heteroatoms. The Kier molecular flexibility index (Phi) is 6.00. The Labute approximate surface area is 98.0 Å². The molecule has 0 saturated carbocycles. The molecule has 16 heavy (non-hydrogen) atoms. The highest BCUT2D eigenvalue weighted by atomic mass is 32.2. The highest BCUT2D eigenvalue weighted by Crippen LogP contribution is 2.27. The Bertz CT molecular complexity index is 321. The minimum atomic E-state index is -3.63. The first-order chi connectivity index (χ1) is 7.31. The lowest BCUT2D eigenvalue weighted by molar-refractivity contribution is -0.309. The molecule has 1 atom stereocenters. The lowest BCUT2D eigenvalue weighted by atomic mass is 9.97. The summed E-state index contributed by atoms with van der Waals surface area (Å²) in [6, 6.07) is 0. The molecule has 0 aromatic carbocycles. The van der Waals surface area contributed by atoms with Gasteiger partial charge in [-0.1, -0.05) is 39.5 Å². The van der Waals surface area contributed by atoms with Gasteiger partial charge in [-0.2, -0.15) is 0 Å². The van der Waals surface area contributed by atoms with Crippen LogP contribution in [0.1, 0.15) is 52.4 Å². The largest absolute Gasteiger partial charge is 0.548 e. The van der Waals surface area contributed by atoms with E-state index in [1.807, 2.05) is 6.92 Å². The molecule has 0 heterocycles. The Morgan fingerprint density at radius 1 is 1.19 bits per heavy atom. The number of rotatable bonds is 8. The van der Waals surface area contributed by atoms with Crippen molar-refractivity contribution in [3.05, 3.63) is 0 Å². The van der Waals surface area contributed by atoms with Crippen molar-refractivity contribution in [1.82, 2.24) is 0 Å². The van der Waals surface area contributed by atoms with E-state index in [1.54, 1.807) is 6.92 Å². The van der Waals surface area contributed by atoms with Gasteiger partial charge in [0.05, 0.1) is 5.97 Å². The van der Waals surface area contributed by atoms with Gasteiger partial charge in [-0.05, 0) is 12.8 Å². The van der Waals surface area contributed by atoms with Crippen LogP contribution in [0.2, 0.25) is 0 Å². The van der Waals surface area contributed by atoms with Gasteiger partial charge in [-0.25, -0.2) is 8.42 Å². The number of carboxylic acids is 1. The van der Waals surface area contributed by atoms with Crippen LogP contribution in [0.4, 0.5) is 0 Å². The van der Waals surface area contributed by atoms with Gasteiger partial charge in [-0.15, -0.1) is 0 Å². The third-order valence-corrected chi connectivity index (χ3v) is 5.17. The summed E-state index contributed by atoms with van der Waals surface area (Å²) in [5, 5.41) is 11.1. The predicted octanol–water partition coefficient (Wildman–Crippen LogP) is 0.900. The van der Waals surface area contributed by atoms with E-state index in [4.69, 9.17) is 0 Å². The van der Waals surface area contributed by atoms with Crippen LogP contribution >= 0.6 is 0 Å². The first kappa shape index (κ1) is 15.4. The number of sulfone groups is 1. The van der Waals surface area contributed by atoms with Gasteiger partial charge in [0.1, 0.15) is 4.75 Å². The number of hydrogen-bond acceptors (Lipinski definition) is 4. The van der Waals surface area contributed by atoms with Crippen molar-refractivity contribution in [3.8, 4) is 0 Å². The summed E-state index contributed by atoms with van der Waals surface area (Å²) in [6.07, 6.45) is 4.71. The van der Waals surface area contributed by atoms with Crippen molar-refractivity contribution in [2.24, 2.45) is 0 Å². The molecule has 1 unspecified atom stereocenters. The second kappa shape index (κ2) is 6.23. The van der Waals surface area contributed by atoms with Gasteiger partial charge < -0.3 is 9.90 Å². The molecule has 0 saturated heterocycles. The average molecular weight is 249 g/mol. The Hall–Kier alpha value is -0.580. The maximum atomic E-state index is 11.6. The standard InChI is InChI=1S/C11H22O4S/c1-4-6-7-8-9-11(5-2,10(12)13)16(3,14)15/h4-9H2,1-3H3,(H,12,13)/p-1. The third kappa shape index (κ3) is 3.47. The number of carboxylic acid groups (broad SMARTS) is 1. The fraction of sp³-hybridized carbons (Fsp3) is 0.909. The van der Waals surface area contributed by atoms with Crippen LogP contribution in [-0.4, -0.2) is 25.4 Å². The summed E-state index contributed by atoms with van der Waals surface area (Å²) >= 11 is 0. The van der Waals surface area contributed by atoms with Crippen molar-refractivity contribution in [2.75, 3.05) is 6.26 Å². The Morgan fingerprint density at radius 3 is 2.06 bits per heavy atom. The molecule has 96 valence electrons. The topological polar surface area (TPSA) is 74.3 Å². The average Bonchev–Trinajstić information content (AvgIpc) is 2.15. The molecule has 0 fully saturated rings. The lowest BCUT2D eigenvalue weighted by Crippen LogP contribution is -2.53. The smallest absolute Gasteiger partial charge is 0.158 e. The van der Waals surface area contributed by atoms with Gasteiger partial charge in [0, 0.05) is 6.26 Å². The molecule has 0 amide bonds. The van der Waals surface area contributed by atoms with Gasteiger partial charge in [0.25, 0.3) is 0 Å². The molecular formula is C11H21O4S-. The zero-order chi connectivity index (χ0) is 12.8. The van der Waals surface area contributed by atoms with Crippen LogP contribution in [0.15, 0.2) is 0 Å². The van der Waals surface area contributed by atoms with Crippen LogP contribution < -0.4 is 5.11 Å². The van der Waals surface area contributed by atoms with Crippen LogP contribution in [0.25, 0.3) is 0 Å². The first-order valence-electron chi connectivity index (χ1n) is 5.73. The Balaban J connectivity index is 4.75. The molecule has 0 aromatic rings. The summed E-state index contributed by atoms with van der Waals surface area (Å²) in [5.74, 6) is -1.46. The monoisotopic (exact) mass is 249 g/mol. The summed E-state index contributed by atoms with van der Waals surface area (Å²) in [4.78, 5) is 11.1. The van der Waals surface area contributed by atoms with E-state index in [0.29, 0.717) is 6.42 Å². The highest BCUT2D eigenvalue weighted by Gasteiger charge is 2.39. The second-order valence-corrected chi connectivity index (χ2v) is 6.54. The van der Waals surface area contributed by atoms with Gasteiger partial charge in [0.15, 0.2) is 9.84 Å². The molecule has 0 aliphatic carbocycles. The third-order valence-electron chi connectivity index (χ3n) is 3.09. The van der Waals surface area contributed by atoms with Crippen LogP contribution in [0, 0.1) is 0 Å². The van der Waals surface area contributed by atoms with Crippen molar-refractivity contribution >= 4 is 15.8 Å². The Morgan fingerprint density at radius 2 is 1.75 bits per heavy atom. The van der Waals surface area contributed by atoms with E-state index < -0.39 is 20.6 Å². The van der Waals surface area contributed by atoms with Crippen molar-refractivity contribution < 1.29 is 18.3 Å². The number of hydrogen-bond donors (Lipinski definition) is 0. The highest BCUT2D eigenvalue weighted by molar-refractivity contribution is 7.92. The normalized spacial score (nSPS) is 15.7. The van der Waals surface area contributed by atoms with E-state index in [-0.39, 0.29) is 12.8 Å². The molecule has 0 aliphatic heterocycles. The fourth-order valence-corrected chi connectivity index (χ4v) is 3.20. The van der Waals surface area contributed by atoms with Gasteiger partial charge in [-0.3, -0.25) is 0 Å². The summed E-state index contributed by atoms with van der Waals surface area (Å²) < 4.78 is 21.4. The number of aliphatic carboxylic acids is 1. The molecule has 0 radical (unpaired) electrons. The predicted molar refractivity (Wildman–Crippen MR) is 61.6 cm³/mol. The van der Waals surface area contributed by atoms with Crippen molar-refractivity contribution in [3.63, 3.8) is 0 Å². The fourth-order valence-electron chi connectivity index (χ4n) is 1.86. The minimum Gasteiger partial charge on any atom is -0.548 e. The zero-order valence-electron chi connectivity index (χ0n) is 10.3. The van der Waals surface area contributed by atoms with Crippen molar-refractivity contribution in [2.45, 2.75) is 57.1 Å². The molecule has 0 aromatic heterocycles. The minimum absolute atomic E-state index is 0.0697. The second-order valence-electron chi connectivity index (χ2n) is 4.22. The molecule has 0 bridgehead atoms. The van der Waals surface area contributed by atoms with Gasteiger partial charge >= 0.3 is 0 Å². The van der Waals surface area contributed by atoms with E-state index >= 15 is 0 Å². The van der Waals surface area contributed by atoms with E-state index in [0.717, 1.165) is 25.5 Å². The van der Waals surface area contributed by atoms with E-state index in [1.165, 1.54) is 0 Å². The molecule has 0 N–H and O–H groups in total. The molecule has 0 aliphatic rings. The van der Waals surface area contributed by atoms with Crippen LogP contribution in [0.5, 0.6) is 0 Å².